The molecule has 0 radical (unpaired) electrons. The molecule has 6 heteroatoms. The van der Waals surface area contributed by atoms with Gasteiger partial charge in [0.05, 0.1) is 6.54 Å². The summed E-state index contributed by atoms with van der Waals surface area (Å²) in [5, 5.41) is 3.11. The van der Waals surface area contributed by atoms with Crippen LogP contribution in [-0.4, -0.2) is 18.0 Å². The number of nitrogens with one attached hydrogen (secondary N) is 1. The molecule has 1 N–H and O–H groups in total. The van der Waals surface area contributed by atoms with Gasteiger partial charge in [0.1, 0.15) is 5.82 Å². The molecule has 0 atom stereocenters. The third kappa shape index (κ3) is 3.99. The predicted octanol–water partition coefficient (Wildman–Crippen LogP) is 5.21. The van der Waals surface area contributed by atoms with Crippen molar-refractivity contribution in [3.05, 3.63) is 62.8 Å². The van der Waals surface area contributed by atoms with E-state index in [0.717, 1.165) is 10.0 Å². The van der Waals surface area contributed by atoms with E-state index in [2.05, 4.69) is 21.2 Å². The van der Waals surface area contributed by atoms with Crippen LogP contribution in [0.15, 0.2) is 40.9 Å². The Morgan fingerprint density at radius 1 is 1.36 bits per heavy atom. The Bertz CT molecular complexity index is 688. The van der Waals surface area contributed by atoms with Gasteiger partial charge in [0.15, 0.2) is 0 Å². The molecule has 3 nitrogen and oxygen atoms in total. The van der Waals surface area contributed by atoms with E-state index >= 15 is 0 Å². The number of carbonyl (C=O) groups is 1. The summed E-state index contributed by atoms with van der Waals surface area (Å²) < 4.78 is 14.6. The van der Waals surface area contributed by atoms with Crippen LogP contribution in [0.2, 0.25) is 5.02 Å². The highest BCUT2D eigenvalue weighted by molar-refractivity contribution is 9.10. The van der Waals surface area contributed by atoms with Crippen LogP contribution in [0, 0.1) is 12.7 Å². The van der Waals surface area contributed by atoms with E-state index in [1.165, 1.54) is 17.0 Å². The molecular formula is C16H15BrClFN2O. The fourth-order valence-corrected chi connectivity index (χ4v) is 2.52. The number of carbonyl (C=O) groups excluding carboxylic acids is 1. The maximum Gasteiger partial charge on any atom is 0.321 e. The lowest BCUT2D eigenvalue weighted by Gasteiger charge is -2.20. The molecule has 0 unspecified atom stereocenters. The number of nitrogens with zero attached hydrogens (tertiary/aromatic N) is 1. The highest BCUT2D eigenvalue weighted by atomic mass is 79.9. The lowest BCUT2D eigenvalue weighted by molar-refractivity contribution is 0.220. The molecule has 0 aliphatic rings. The Morgan fingerprint density at radius 3 is 2.77 bits per heavy atom. The number of rotatable bonds is 3. The summed E-state index contributed by atoms with van der Waals surface area (Å²) in [7, 11) is 1.59. The van der Waals surface area contributed by atoms with Gasteiger partial charge in [-0.2, -0.15) is 0 Å². The highest BCUT2D eigenvalue weighted by Crippen LogP contribution is 2.23. The van der Waals surface area contributed by atoms with Gasteiger partial charge in [-0.1, -0.05) is 39.7 Å². The first-order chi connectivity index (χ1) is 10.4. The summed E-state index contributed by atoms with van der Waals surface area (Å²) in [4.78, 5) is 13.6. The Kier molecular flexibility index (Phi) is 5.42. The zero-order valence-electron chi connectivity index (χ0n) is 12.2. The summed E-state index contributed by atoms with van der Waals surface area (Å²) in [6, 6.07) is 9.74. The first-order valence-corrected chi connectivity index (χ1v) is 7.76. The van der Waals surface area contributed by atoms with Crippen molar-refractivity contribution in [1.29, 1.82) is 0 Å². The number of amides is 2. The standard InChI is InChI=1S/C16H15BrClFN2O/c1-10-6-7-11(17)8-15(10)20-16(22)21(2)9-12-13(18)4-3-5-14(12)19/h3-8H,9H2,1-2H3,(H,20,22). The SMILES string of the molecule is Cc1ccc(Br)cc1NC(=O)N(C)Cc1c(F)cccc1Cl. The molecule has 0 aliphatic carbocycles. The van der Waals surface area contributed by atoms with Crippen LogP contribution in [0.4, 0.5) is 14.9 Å². The van der Waals surface area contributed by atoms with Gasteiger partial charge in [-0.25, -0.2) is 9.18 Å². The van der Waals surface area contributed by atoms with Gasteiger partial charge in [0, 0.05) is 27.8 Å². The third-order valence-electron chi connectivity index (χ3n) is 3.24. The van der Waals surface area contributed by atoms with Crippen molar-refractivity contribution in [2.24, 2.45) is 0 Å². The monoisotopic (exact) mass is 384 g/mol. The number of urea groups is 1. The van der Waals surface area contributed by atoms with Crippen molar-refractivity contribution in [2.45, 2.75) is 13.5 Å². The van der Waals surface area contributed by atoms with Gasteiger partial charge in [-0.15, -0.1) is 0 Å². The molecule has 0 heterocycles. The van der Waals surface area contributed by atoms with Crippen molar-refractivity contribution in [1.82, 2.24) is 4.90 Å². The molecule has 0 aliphatic heterocycles. The van der Waals surface area contributed by atoms with Crippen LogP contribution in [-0.2, 0) is 6.54 Å². The molecule has 2 aromatic carbocycles. The topological polar surface area (TPSA) is 32.3 Å². The first-order valence-electron chi connectivity index (χ1n) is 6.59. The van der Waals surface area contributed by atoms with Gasteiger partial charge in [0.25, 0.3) is 0 Å². The van der Waals surface area contributed by atoms with Crippen molar-refractivity contribution < 1.29 is 9.18 Å². The fraction of sp³-hybridized carbons (Fsp3) is 0.188. The van der Waals surface area contributed by atoms with E-state index in [4.69, 9.17) is 11.6 Å². The average molecular weight is 386 g/mol. The van der Waals surface area contributed by atoms with Crippen LogP contribution in [0.1, 0.15) is 11.1 Å². The number of anilines is 1. The third-order valence-corrected chi connectivity index (χ3v) is 4.09. The van der Waals surface area contributed by atoms with E-state index in [-0.39, 0.29) is 12.6 Å². The molecule has 2 amide bonds. The molecule has 2 rings (SSSR count). The lowest BCUT2D eigenvalue weighted by Crippen LogP contribution is -2.31. The summed E-state index contributed by atoms with van der Waals surface area (Å²) >= 11 is 9.34. The molecule has 0 fully saturated rings. The molecule has 0 saturated heterocycles. The second-order valence-corrected chi connectivity index (χ2v) is 6.27. The largest absolute Gasteiger partial charge is 0.323 e. The lowest BCUT2D eigenvalue weighted by atomic mass is 10.2. The van der Waals surface area contributed by atoms with E-state index in [1.54, 1.807) is 13.1 Å². The van der Waals surface area contributed by atoms with Gasteiger partial charge in [-0.05, 0) is 36.8 Å². The number of hydrogen-bond acceptors (Lipinski definition) is 1. The zero-order valence-corrected chi connectivity index (χ0v) is 14.5. The maximum atomic E-state index is 13.8. The molecule has 0 aromatic heterocycles. The van der Waals surface area contributed by atoms with Crippen LogP contribution >= 0.6 is 27.5 Å². The number of hydrogen-bond donors (Lipinski definition) is 1. The molecule has 116 valence electrons. The minimum absolute atomic E-state index is 0.0877. The molecule has 0 bridgehead atoms. The highest BCUT2D eigenvalue weighted by Gasteiger charge is 2.15. The van der Waals surface area contributed by atoms with E-state index in [1.807, 2.05) is 25.1 Å². The van der Waals surface area contributed by atoms with Crippen molar-refractivity contribution in [3.63, 3.8) is 0 Å². The van der Waals surface area contributed by atoms with Crippen LogP contribution in [0.25, 0.3) is 0 Å². The van der Waals surface area contributed by atoms with Crippen LogP contribution in [0.5, 0.6) is 0 Å². The summed E-state index contributed by atoms with van der Waals surface area (Å²) in [5.74, 6) is -0.425. The number of aryl methyl sites for hydroxylation is 1. The predicted molar refractivity (Wildman–Crippen MR) is 90.8 cm³/mol. The average Bonchev–Trinajstić information content (AvgIpc) is 2.46. The van der Waals surface area contributed by atoms with E-state index in [9.17, 15) is 9.18 Å². The van der Waals surface area contributed by atoms with Gasteiger partial charge >= 0.3 is 6.03 Å². The van der Waals surface area contributed by atoms with Gasteiger partial charge in [0.2, 0.25) is 0 Å². The second kappa shape index (κ2) is 7.11. The summed E-state index contributed by atoms with van der Waals surface area (Å²) in [5.41, 5.74) is 1.94. The smallest absolute Gasteiger partial charge is 0.321 e. The normalized spacial score (nSPS) is 10.4. The second-order valence-electron chi connectivity index (χ2n) is 4.95. The number of benzene rings is 2. The van der Waals surface area contributed by atoms with Gasteiger partial charge in [-0.3, -0.25) is 0 Å². The molecule has 22 heavy (non-hydrogen) atoms. The van der Waals surface area contributed by atoms with Crippen molar-refractivity contribution >= 4 is 39.2 Å². The van der Waals surface area contributed by atoms with Crippen LogP contribution < -0.4 is 5.32 Å². The van der Waals surface area contributed by atoms with E-state index < -0.39 is 5.82 Å². The Hall–Kier alpha value is -1.59. The van der Waals surface area contributed by atoms with Crippen molar-refractivity contribution in [3.8, 4) is 0 Å². The van der Waals surface area contributed by atoms with Crippen molar-refractivity contribution in [2.75, 3.05) is 12.4 Å². The molecule has 0 saturated carbocycles. The summed E-state index contributed by atoms with van der Waals surface area (Å²) in [6.07, 6.45) is 0. The molecule has 0 spiro atoms. The minimum Gasteiger partial charge on any atom is -0.323 e. The fourth-order valence-electron chi connectivity index (χ4n) is 1.93. The Balaban J connectivity index is 2.11. The van der Waals surface area contributed by atoms with Crippen LogP contribution in [0.3, 0.4) is 0 Å². The Labute approximate surface area is 142 Å². The molecule has 2 aromatic rings. The summed E-state index contributed by atoms with van der Waals surface area (Å²) in [6.45, 7) is 1.99. The quantitative estimate of drug-likeness (QED) is 0.772. The minimum atomic E-state index is -0.425. The maximum absolute atomic E-state index is 13.8. The Morgan fingerprint density at radius 2 is 2.09 bits per heavy atom. The van der Waals surface area contributed by atoms with Gasteiger partial charge < -0.3 is 10.2 Å². The van der Waals surface area contributed by atoms with E-state index in [0.29, 0.717) is 16.3 Å². The first kappa shape index (κ1) is 16.8. The zero-order chi connectivity index (χ0) is 16.3. The number of halogens is 3. The molecular weight excluding hydrogens is 371 g/mol.